The Morgan fingerprint density at radius 3 is 3.00 bits per heavy atom. The zero-order valence-corrected chi connectivity index (χ0v) is 9.17. The molecule has 0 aromatic carbocycles. The van der Waals surface area contributed by atoms with Gasteiger partial charge in [-0.25, -0.2) is 4.98 Å². The lowest BCUT2D eigenvalue weighted by Gasteiger charge is -2.13. The van der Waals surface area contributed by atoms with Crippen LogP contribution in [0.1, 0.15) is 6.42 Å². The topological polar surface area (TPSA) is 92.4 Å². The van der Waals surface area contributed by atoms with Gasteiger partial charge >= 0.3 is 5.97 Å². The Morgan fingerprint density at radius 1 is 1.59 bits per heavy atom. The molecule has 17 heavy (non-hydrogen) atoms. The number of aromatic amines is 1. The van der Waals surface area contributed by atoms with Gasteiger partial charge in [-0.2, -0.15) is 0 Å². The van der Waals surface area contributed by atoms with E-state index in [1.807, 2.05) is 0 Å². The number of nitrogens with one attached hydrogen (secondary N) is 1. The molecule has 1 amide bonds. The molecule has 1 unspecified atom stereocenters. The second-order valence-electron chi connectivity index (χ2n) is 3.69. The number of amides is 1. The van der Waals surface area contributed by atoms with Crippen molar-refractivity contribution < 1.29 is 14.3 Å². The van der Waals surface area contributed by atoms with Crippen molar-refractivity contribution in [3.05, 3.63) is 22.6 Å². The maximum Gasteiger partial charge on any atom is 0.311 e. The van der Waals surface area contributed by atoms with Gasteiger partial charge in [0.25, 0.3) is 5.56 Å². The highest BCUT2D eigenvalue weighted by atomic mass is 16.5. The molecule has 1 saturated heterocycles. The smallest absolute Gasteiger partial charge is 0.311 e. The molecule has 2 rings (SSSR count). The molecular formula is C10H11N3O4. The predicted octanol–water partition coefficient (Wildman–Crippen LogP) is -0.704. The summed E-state index contributed by atoms with van der Waals surface area (Å²) >= 11 is 0. The van der Waals surface area contributed by atoms with E-state index in [2.05, 4.69) is 14.7 Å². The van der Waals surface area contributed by atoms with Gasteiger partial charge in [0.1, 0.15) is 0 Å². The van der Waals surface area contributed by atoms with E-state index < -0.39 is 11.9 Å². The quantitative estimate of drug-likeness (QED) is 0.686. The molecule has 1 aromatic heterocycles. The van der Waals surface area contributed by atoms with Gasteiger partial charge in [-0.05, 0) is 0 Å². The van der Waals surface area contributed by atoms with E-state index in [9.17, 15) is 14.4 Å². The fourth-order valence-corrected chi connectivity index (χ4v) is 1.73. The zero-order chi connectivity index (χ0) is 12.4. The Hall–Kier alpha value is -2.18. The van der Waals surface area contributed by atoms with Gasteiger partial charge in [0.2, 0.25) is 11.9 Å². The molecule has 0 radical (unpaired) electrons. The van der Waals surface area contributed by atoms with Gasteiger partial charge in [-0.1, -0.05) is 0 Å². The minimum atomic E-state index is -0.502. The van der Waals surface area contributed by atoms with Crippen molar-refractivity contribution in [2.45, 2.75) is 6.42 Å². The number of ether oxygens (including phenoxy) is 1. The summed E-state index contributed by atoms with van der Waals surface area (Å²) in [6.07, 6.45) is 1.39. The molecular weight excluding hydrogens is 226 g/mol. The second-order valence-corrected chi connectivity index (χ2v) is 3.69. The highest BCUT2D eigenvalue weighted by Gasteiger charge is 2.36. The minimum absolute atomic E-state index is 0.0747. The Labute approximate surface area is 96.4 Å². The van der Waals surface area contributed by atoms with Gasteiger partial charge in [0, 0.05) is 25.2 Å². The van der Waals surface area contributed by atoms with Crippen LogP contribution >= 0.6 is 0 Å². The van der Waals surface area contributed by atoms with Crippen molar-refractivity contribution in [3.8, 4) is 0 Å². The lowest BCUT2D eigenvalue weighted by Crippen LogP contribution is -2.29. The summed E-state index contributed by atoms with van der Waals surface area (Å²) in [4.78, 5) is 41.7. The molecule has 1 aromatic rings. The van der Waals surface area contributed by atoms with E-state index in [-0.39, 0.29) is 30.4 Å². The van der Waals surface area contributed by atoms with Crippen molar-refractivity contribution >= 4 is 17.8 Å². The molecule has 1 N–H and O–H groups in total. The summed E-state index contributed by atoms with van der Waals surface area (Å²) in [5.74, 6) is -1.03. The number of H-pyrrole nitrogens is 1. The third kappa shape index (κ3) is 2.17. The van der Waals surface area contributed by atoms with E-state index in [0.29, 0.717) is 0 Å². The standard InChI is InChI=1S/C10H11N3O4/c1-17-9(16)6-4-8(15)13(5-6)10-11-3-2-7(14)12-10/h2-3,6H,4-5H2,1H3,(H,11,12,14). The first-order valence-corrected chi connectivity index (χ1v) is 5.05. The maximum absolute atomic E-state index is 11.7. The molecule has 0 aliphatic carbocycles. The summed E-state index contributed by atoms with van der Waals surface area (Å²) in [5, 5.41) is 0. The maximum atomic E-state index is 11.7. The Kier molecular flexibility index (Phi) is 2.90. The molecule has 1 aliphatic rings. The van der Waals surface area contributed by atoms with Gasteiger partial charge < -0.3 is 4.74 Å². The average molecular weight is 237 g/mol. The van der Waals surface area contributed by atoms with Crippen LogP contribution in [0.3, 0.4) is 0 Å². The first-order valence-electron chi connectivity index (χ1n) is 5.05. The van der Waals surface area contributed by atoms with E-state index in [0.717, 1.165) is 0 Å². The minimum Gasteiger partial charge on any atom is -0.469 e. The highest BCUT2D eigenvalue weighted by Crippen LogP contribution is 2.21. The van der Waals surface area contributed by atoms with Crippen LogP contribution in [-0.4, -0.2) is 35.5 Å². The number of methoxy groups -OCH3 is 1. The number of hydrogen-bond acceptors (Lipinski definition) is 5. The third-order valence-corrected chi connectivity index (χ3v) is 2.57. The van der Waals surface area contributed by atoms with Crippen molar-refractivity contribution in [1.82, 2.24) is 9.97 Å². The normalized spacial score (nSPS) is 19.5. The number of rotatable bonds is 2. The van der Waals surface area contributed by atoms with Crippen LogP contribution in [-0.2, 0) is 14.3 Å². The Balaban J connectivity index is 2.21. The number of nitrogens with zero attached hydrogens (tertiary/aromatic N) is 2. The zero-order valence-electron chi connectivity index (χ0n) is 9.17. The molecule has 90 valence electrons. The highest BCUT2D eigenvalue weighted by molar-refractivity contribution is 5.98. The summed E-state index contributed by atoms with van der Waals surface area (Å²) in [7, 11) is 1.28. The number of esters is 1. The first-order chi connectivity index (χ1) is 8.11. The number of carbonyl (C=O) groups is 2. The molecule has 1 fully saturated rings. The van der Waals surface area contributed by atoms with E-state index in [1.165, 1.54) is 24.3 Å². The molecule has 7 nitrogen and oxygen atoms in total. The average Bonchev–Trinajstić information content (AvgIpc) is 2.70. The summed E-state index contributed by atoms with van der Waals surface area (Å²) < 4.78 is 4.58. The molecule has 2 heterocycles. The molecule has 0 bridgehead atoms. The lowest BCUT2D eigenvalue weighted by atomic mass is 10.1. The van der Waals surface area contributed by atoms with Gasteiger partial charge in [0.05, 0.1) is 13.0 Å². The fraction of sp³-hybridized carbons (Fsp3) is 0.400. The Bertz CT molecular complexity index is 510. The number of hydrogen-bond donors (Lipinski definition) is 1. The molecule has 0 spiro atoms. The van der Waals surface area contributed by atoms with E-state index in [4.69, 9.17) is 0 Å². The van der Waals surface area contributed by atoms with Crippen LogP contribution in [0.5, 0.6) is 0 Å². The van der Waals surface area contributed by atoms with E-state index >= 15 is 0 Å². The number of aromatic nitrogens is 2. The van der Waals surface area contributed by atoms with E-state index in [1.54, 1.807) is 0 Å². The van der Waals surface area contributed by atoms with Crippen LogP contribution in [0.25, 0.3) is 0 Å². The third-order valence-electron chi connectivity index (χ3n) is 2.57. The number of carbonyl (C=O) groups excluding carboxylic acids is 2. The van der Waals surface area contributed by atoms with Crippen molar-refractivity contribution in [1.29, 1.82) is 0 Å². The van der Waals surface area contributed by atoms with Crippen LogP contribution in [0, 0.1) is 5.92 Å². The molecule has 0 saturated carbocycles. The lowest BCUT2D eigenvalue weighted by molar-refractivity contribution is -0.145. The SMILES string of the molecule is COC(=O)C1CC(=O)N(c2nccc(=O)[nH]2)C1. The van der Waals surface area contributed by atoms with Crippen LogP contribution in [0.15, 0.2) is 17.1 Å². The van der Waals surface area contributed by atoms with Crippen LogP contribution in [0.4, 0.5) is 5.95 Å². The summed E-state index contributed by atoms with van der Waals surface area (Å²) in [6.45, 7) is 0.179. The summed E-state index contributed by atoms with van der Waals surface area (Å²) in [6, 6.07) is 1.25. The van der Waals surface area contributed by atoms with Crippen LogP contribution in [0.2, 0.25) is 0 Å². The monoisotopic (exact) mass is 237 g/mol. The fourth-order valence-electron chi connectivity index (χ4n) is 1.73. The molecule has 7 heteroatoms. The molecule has 1 aliphatic heterocycles. The van der Waals surface area contributed by atoms with Crippen molar-refractivity contribution in [2.75, 3.05) is 18.6 Å². The molecule has 1 atom stereocenters. The predicted molar refractivity (Wildman–Crippen MR) is 57.3 cm³/mol. The van der Waals surface area contributed by atoms with Crippen molar-refractivity contribution in [3.63, 3.8) is 0 Å². The van der Waals surface area contributed by atoms with Crippen LogP contribution < -0.4 is 10.5 Å². The summed E-state index contributed by atoms with van der Waals surface area (Å²) in [5.41, 5.74) is -0.343. The van der Waals surface area contributed by atoms with Gasteiger partial charge in [-0.3, -0.25) is 24.3 Å². The van der Waals surface area contributed by atoms with Crippen molar-refractivity contribution in [2.24, 2.45) is 5.92 Å². The number of anilines is 1. The first kappa shape index (κ1) is 11.3. The Morgan fingerprint density at radius 2 is 2.35 bits per heavy atom. The van der Waals surface area contributed by atoms with Gasteiger partial charge in [-0.15, -0.1) is 0 Å². The van der Waals surface area contributed by atoms with Gasteiger partial charge in [0.15, 0.2) is 0 Å². The second kappa shape index (κ2) is 4.36. The largest absolute Gasteiger partial charge is 0.469 e.